The Hall–Kier alpha value is -3.38. The molecule has 0 aliphatic rings. The van der Waals surface area contributed by atoms with Crippen molar-refractivity contribution in [1.29, 1.82) is 0 Å². The summed E-state index contributed by atoms with van der Waals surface area (Å²) in [6, 6.07) is 16.8. The normalized spacial score (nSPS) is 9.95. The number of ether oxygens (including phenoxy) is 4. The van der Waals surface area contributed by atoms with E-state index in [4.69, 9.17) is 18.9 Å². The largest absolute Gasteiger partial charge is 0.490 e. The van der Waals surface area contributed by atoms with Gasteiger partial charge in [0.1, 0.15) is 25.6 Å². The molecule has 0 unspecified atom stereocenters. The first-order valence-electron chi connectivity index (χ1n) is 12.7. The molecule has 0 aliphatic carbocycles. The van der Waals surface area contributed by atoms with Gasteiger partial charge >= 0.3 is 11.9 Å². The molecule has 6 heteroatoms. The van der Waals surface area contributed by atoms with Crippen molar-refractivity contribution >= 4 is 11.9 Å². The highest BCUT2D eigenvalue weighted by molar-refractivity contribution is 5.87. The Morgan fingerprint density at radius 2 is 1.12 bits per heavy atom. The SMILES string of the molecule is C.C.C.C.C=C(C)C(=O)OCCOCCCCc1ccc(C(C)(C)c2ccc(OCCOC(=O)C(=C)C)cc2)cc1. The van der Waals surface area contributed by atoms with Crippen molar-refractivity contribution in [3.05, 3.63) is 89.5 Å². The lowest BCUT2D eigenvalue weighted by molar-refractivity contribution is -0.141. The second-order valence-corrected chi connectivity index (χ2v) is 9.60. The van der Waals surface area contributed by atoms with Crippen LogP contribution in [0.25, 0.3) is 0 Å². The Bertz CT molecular complexity index is 1040. The second-order valence-electron chi connectivity index (χ2n) is 9.60. The van der Waals surface area contributed by atoms with Gasteiger partial charge in [0, 0.05) is 23.2 Å². The molecular weight excluding hydrogens is 516 g/mol. The van der Waals surface area contributed by atoms with Crippen molar-refractivity contribution in [2.75, 3.05) is 33.0 Å². The molecule has 2 aromatic carbocycles. The average Bonchev–Trinajstić information content (AvgIpc) is 2.88. The van der Waals surface area contributed by atoms with Gasteiger partial charge in [-0.25, -0.2) is 9.59 Å². The smallest absolute Gasteiger partial charge is 0.333 e. The maximum atomic E-state index is 11.4. The van der Waals surface area contributed by atoms with E-state index < -0.39 is 5.97 Å². The van der Waals surface area contributed by atoms with E-state index in [0.717, 1.165) is 25.0 Å². The molecule has 0 radical (unpaired) electrons. The minimum atomic E-state index is -0.406. The van der Waals surface area contributed by atoms with Crippen LogP contribution in [0.3, 0.4) is 0 Å². The zero-order chi connectivity index (χ0) is 27.3. The maximum Gasteiger partial charge on any atom is 0.333 e. The van der Waals surface area contributed by atoms with E-state index >= 15 is 0 Å². The van der Waals surface area contributed by atoms with Gasteiger partial charge < -0.3 is 18.9 Å². The Kier molecular flexibility index (Phi) is 21.9. The van der Waals surface area contributed by atoms with Crippen LogP contribution < -0.4 is 4.74 Å². The molecule has 2 rings (SSSR count). The van der Waals surface area contributed by atoms with Gasteiger partial charge in [-0.1, -0.05) is 93.1 Å². The lowest BCUT2D eigenvalue weighted by Gasteiger charge is -2.26. The summed E-state index contributed by atoms with van der Waals surface area (Å²) >= 11 is 0. The quantitative estimate of drug-likeness (QED) is 0.114. The molecule has 0 atom stereocenters. The van der Waals surface area contributed by atoms with Crippen LogP contribution in [-0.2, 0) is 35.6 Å². The first-order valence-corrected chi connectivity index (χ1v) is 12.7. The first kappa shape index (κ1) is 42.1. The van der Waals surface area contributed by atoms with Crippen LogP contribution in [0.2, 0.25) is 0 Å². The Labute approximate surface area is 250 Å². The topological polar surface area (TPSA) is 71.1 Å². The van der Waals surface area contributed by atoms with Crippen LogP contribution in [0.1, 0.15) is 86.9 Å². The lowest BCUT2D eigenvalue weighted by atomic mass is 9.78. The minimum Gasteiger partial charge on any atom is -0.490 e. The van der Waals surface area contributed by atoms with Gasteiger partial charge in [-0.05, 0) is 61.9 Å². The average molecular weight is 573 g/mol. The zero-order valence-corrected chi connectivity index (χ0v) is 22.6. The maximum absolute atomic E-state index is 11.4. The number of carbonyl (C=O) groups excluding carboxylic acids is 2. The third kappa shape index (κ3) is 14.7. The minimum absolute atomic E-state index is 0. The van der Waals surface area contributed by atoms with Gasteiger partial charge in [0.2, 0.25) is 0 Å². The highest BCUT2D eigenvalue weighted by Gasteiger charge is 2.23. The van der Waals surface area contributed by atoms with E-state index in [1.165, 1.54) is 16.7 Å². The molecule has 0 fully saturated rings. The summed E-state index contributed by atoms with van der Waals surface area (Å²) in [5, 5.41) is 0. The van der Waals surface area contributed by atoms with Crippen LogP contribution >= 0.6 is 0 Å². The number of hydrogen-bond donors (Lipinski definition) is 0. The Balaban J connectivity index is -0.00000361. The van der Waals surface area contributed by atoms with E-state index in [9.17, 15) is 9.59 Å². The number of esters is 2. The number of aryl methyl sites for hydroxylation is 1. The predicted molar refractivity (Wildman–Crippen MR) is 173 cm³/mol. The van der Waals surface area contributed by atoms with Crippen molar-refractivity contribution in [2.45, 2.75) is 82.1 Å². The summed E-state index contributed by atoms with van der Waals surface area (Å²) in [6.45, 7) is 16.5. The van der Waals surface area contributed by atoms with Crippen LogP contribution in [0.15, 0.2) is 72.8 Å². The molecule has 0 amide bonds. The third-order valence-corrected chi connectivity index (χ3v) is 6.00. The fourth-order valence-corrected chi connectivity index (χ4v) is 3.59. The molecule has 0 saturated heterocycles. The summed E-state index contributed by atoms with van der Waals surface area (Å²) < 4.78 is 21.3. The van der Waals surface area contributed by atoms with Gasteiger partial charge in [0.05, 0.1) is 6.61 Å². The van der Waals surface area contributed by atoms with Gasteiger partial charge in [-0.3, -0.25) is 0 Å². The van der Waals surface area contributed by atoms with E-state index in [2.05, 4.69) is 63.4 Å². The number of rotatable bonds is 16. The summed E-state index contributed by atoms with van der Waals surface area (Å²) in [5.41, 5.74) is 4.34. The molecule has 0 spiro atoms. The molecule has 2 aromatic rings. The van der Waals surface area contributed by atoms with Gasteiger partial charge in [0.15, 0.2) is 0 Å². The molecule has 232 valence electrons. The van der Waals surface area contributed by atoms with Crippen molar-refractivity contribution < 1.29 is 28.5 Å². The number of hydrogen-bond acceptors (Lipinski definition) is 6. The molecule has 6 nitrogen and oxygen atoms in total. The Morgan fingerprint density at radius 1 is 0.659 bits per heavy atom. The highest BCUT2D eigenvalue weighted by Crippen LogP contribution is 2.32. The van der Waals surface area contributed by atoms with E-state index in [1.54, 1.807) is 13.8 Å². The predicted octanol–water partition coefficient (Wildman–Crippen LogP) is 8.51. The standard InChI is InChI=1S/C31H40O6.4CH4/c1-23(2)29(32)36-20-19-34-18-8-7-9-25-10-12-26(13-11-25)31(5,6)27-14-16-28(17-15-27)35-21-22-37-30(33)24(3)4;;;;/h10-17H,1,3,7-9,18-22H2,2,4-6H3;4*1H4. The van der Waals surface area contributed by atoms with Gasteiger partial charge in [0.25, 0.3) is 0 Å². The van der Waals surface area contributed by atoms with Crippen LogP contribution in [-0.4, -0.2) is 45.0 Å². The monoisotopic (exact) mass is 572 g/mol. The van der Waals surface area contributed by atoms with Crippen molar-refractivity contribution in [3.8, 4) is 5.75 Å². The first-order chi connectivity index (χ1) is 17.6. The second kappa shape index (κ2) is 21.4. The number of carbonyl (C=O) groups is 2. The molecule has 41 heavy (non-hydrogen) atoms. The molecular formula is C35H56O6. The highest BCUT2D eigenvalue weighted by atomic mass is 16.6. The van der Waals surface area contributed by atoms with Gasteiger partial charge in [-0.2, -0.15) is 0 Å². The lowest BCUT2D eigenvalue weighted by Crippen LogP contribution is -2.19. The van der Waals surface area contributed by atoms with Crippen molar-refractivity contribution in [1.82, 2.24) is 0 Å². The van der Waals surface area contributed by atoms with E-state index in [1.807, 2.05) is 12.1 Å². The van der Waals surface area contributed by atoms with Crippen molar-refractivity contribution in [2.24, 2.45) is 0 Å². The fraction of sp³-hybridized carbons (Fsp3) is 0.486. The summed E-state index contributed by atoms with van der Waals surface area (Å²) in [5.74, 6) is -0.0494. The summed E-state index contributed by atoms with van der Waals surface area (Å²) in [7, 11) is 0. The van der Waals surface area contributed by atoms with E-state index in [0.29, 0.717) is 31.0 Å². The third-order valence-electron chi connectivity index (χ3n) is 6.00. The molecule has 0 N–H and O–H groups in total. The molecule has 0 bridgehead atoms. The van der Waals surface area contributed by atoms with Crippen LogP contribution in [0.4, 0.5) is 0 Å². The fourth-order valence-electron chi connectivity index (χ4n) is 3.59. The number of benzene rings is 2. The molecule has 0 aromatic heterocycles. The molecule has 0 aliphatic heterocycles. The zero-order valence-electron chi connectivity index (χ0n) is 22.6. The van der Waals surface area contributed by atoms with E-state index in [-0.39, 0.29) is 54.3 Å². The Morgan fingerprint density at radius 3 is 1.61 bits per heavy atom. The summed E-state index contributed by atoms with van der Waals surface area (Å²) in [6.07, 6.45) is 2.97. The summed E-state index contributed by atoms with van der Waals surface area (Å²) in [4.78, 5) is 22.7. The van der Waals surface area contributed by atoms with Crippen LogP contribution in [0.5, 0.6) is 5.75 Å². The molecule has 0 saturated carbocycles. The molecule has 0 heterocycles. The van der Waals surface area contributed by atoms with Gasteiger partial charge in [-0.15, -0.1) is 0 Å². The number of unbranched alkanes of at least 4 members (excludes halogenated alkanes) is 1. The van der Waals surface area contributed by atoms with Crippen LogP contribution in [0, 0.1) is 0 Å². The van der Waals surface area contributed by atoms with Crippen molar-refractivity contribution in [3.63, 3.8) is 0 Å².